The highest BCUT2D eigenvalue weighted by atomic mass is 14.9. The van der Waals surface area contributed by atoms with Crippen LogP contribution in [-0.4, -0.2) is 9.97 Å². The van der Waals surface area contributed by atoms with Gasteiger partial charge in [-0.1, -0.05) is 202 Å². The molecule has 2 heteroatoms. The van der Waals surface area contributed by atoms with Gasteiger partial charge in [0.15, 0.2) is 5.82 Å². The minimum Gasteiger partial charge on any atom is -0.228 e. The standard InChI is InChI=1S/C59H42N2/c1-58(2)50-31-17-27-45(55(50)54-40-23-11-10-18-37(40)32-35-51(54)58)43-33-34-47(42-25-13-12-24-41(42)43)57-60-52(38-19-6-4-7-20-38)36-53(61-57)48-29-16-28-46-44-26-14-15-30-49(44)59(3,56(46)48)39-21-8-5-9-22-39/h4-36H,1-3H3. The van der Waals surface area contributed by atoms with Crippen LogP contribution in [0.3, 0.4) is 0 Å². The van der Waals surface area contributed by atoms with Crippen LogP contribution in [0.25, 0.3) is 88.8 Å². The number of fused-ring (bicyclic) bond motifs is 9. The Labute approximate surface area is 356 Å². The third-order valence-corrected chi connectivity index (χ3v) is 13.8. The molecule has 0 N–H and O–H groups in total. The zero-order valence-electron chi connectivity index (χ0n) is 34.4. The number of nitrogens with zero attached hydrogens (tertiary/aromatic N) is 2. The summed E-state index contributed by atoms with van der Waals surface area (Å²) in [5, 5.41) is 4.88. The van der Waals surface area contributed by atoms with E-state index in [4.69, 9.17) is 9.97 Å². The van der Waals surface area contributed by atoms with E-state index in [1.807, 2.05) is 0 Å². The maximum Gasteiger partial charge on any atom is 0.161 e. The molecule has 0 fully saturated rings. The number of hydrogen-bond donors (Lipinski definition) is 0. The Morgan fingerprint density at radius 2 is 0.934 bits per heavy atom. The summed E-state index contributed by atoms with van der Waals surface area (Å²) in [5.74, 6) is 0.712. The third kappa shape index (κ3) is 5.15. The van der Waals surface area contributed by atoms with Crippen LogP contribution in [0.4, 0.5) is 0 Å². The summed E-state index contributed by atoms with van der Waals surface area (Å²) in [7, 11) is 0. The summed E-state index contributed by atoms with van der Waals surface area (Å²) < 4.78 is 0. The fourth-order valence-electron chi connectivity index (χ4n) is 10.9. The molecule has 0 amide bonds. The first-order chi connectivity index (χ1) is 29.9. The van der Waals surface area contributed by atoms with Crippen LogP contribution in [0.15, 0.2) is 200 Å². The molecule has 1 aromatic heterocycles. The van der Waals surface area contributed by atoms with Crippen molar-refractivity contribution < 1.29 is 0 Å². The highest BCUT2D eigenvalue weighted by Gasteiger charge is 2.43. The Morgan fingerprint density at radius 1 is 0.361 bits per heavy atom. The van der Waals surface area contributed by atoms with Gasteiger partial charge >= 0.3 is 0 Å². The summed E-state index contributed by atoms with van der Waals surface area (Å²) in [6, 6.07) is 73.0. The second-order valence-corrected chi connectivity index (χ2v) is 17.4. The summed E-state index contributed by atoms with van der Waals surface area (Å²) in [4.78, 5) is 11.0. The van der Waals surface area contributed by atoms with E-state index in [0.29, 0.717) is 5.82 Å². The van der Waals surface area contributed by atoms with Crippen molar-refractivity contribution in [1.82, 2.24) is 9.97 Å². The molecule has 0 aliphatic heterocycles. The molecule has 1 atom stereocenters. The van der Waals surface area contributed by atoms with E-state index in [1.54, 1.807) is 0 Å². The molecule has 0 radical (unpaired) electrons. The van der Waals surface area contributed by atoms with E-state index in [2.05, 4.69) is 221 Å². The molecule has 10 aromatic rings. The summed E-state index contributed by atoms with van der Waals surface area (Å²) in [6.07, 6.45) is 0. The lowest BCUT2D eigenvalue weighted by molar-refractivity contribution is 0.661. The number of hydrogen-bond acceptors (Lipinski definition) is 2. The van der Waals surface area contributed by atoms with Crippen LogP contribution in [0.2, 0.25) is 0 Å². The van der Waals surface area contributed by atoms with Gasteiger partial charge in [0.1, 0.15) is 0 Å². The van der Waals surface area contributed by atoms with Gasteiger partial charge in [-0.3, -0.25) is 0 Å². The molecule has 2 nitrogen and oxygen atoms in total. The molecule has 0 bridgehead atoms. The first-order valence-corrected chi connectivity index (χ1v) is 21.3. The maximum absolute atomic E-state index is 5.58. The van der Waals surface area contributed by atoms with Crippen molar-refractivity contribution in [2.24, 2.45) is 0 Å². The van der Waals surface area contributed by atoms with Gasteiger partial charge in [0, 0.05) is 27.5 Å². The lowest BCUT2D eigenvalue weighted by Crippen LogP contribution is -2.23. The van der Waals surface area contributed by atoms with Crippen molar-refractivity contribution in [2.45, 2.75) is 31.6 Å². The molecule has 0 saturated heterocycles. The van der Waals surface area contributed by atoms with Crippen molar-refractivity contribution in [3.63, 3.8) is 0 Å². The molecule has 9 aromatic carbocycles. The van der Waals surface area contributed by atoms with Crippen molar-refractivity contribution >= 4 is 21.5 Å². The summed E-state index contributed by atoms with van der Waals surface area (Å²) >= 11 is 0. The monoisotopic (exact) mass is 778 g/mol. The van der Waals surface area contributed by atoms with Crippen LogP contribution >= 0.6 is 0 Å². The topological polar surface area (TPSA) is 25.8 Å². The Bertz CT molecular complexity index is 3400. The average molecular weight is 779 g/mol. The largest absolute Gasteiger partial charge is 0.228 e. The second-order valence-electron chi connectivity index (χ2n) is 17.4. The molecule has 1 heterocycles. The first-order valence-electron chi connectivity index (χ1n) is 21.3. The maximum atomic E-state index is 5.58. The molecule has 1 unspecified atom stereocenters. The number of rotatable bonds is 5. The molecular weight excluding hydrogens is 737 g/mol. The Hall–Kier alpha value is -7.42. The van der Waals surface area contributed by atoms with Gasteiger partial charge in [0.2, 0.25) is 0 Å². The van der Waals surface area contributed by atoms with Gasteiger partial charge in [-0.2, -0.15) is 0 Å². The van der Waals surface area contributed by atoms with Crippen molar-refractivity contribution in [1.29, 1.82) is 0 Å². The molecular formula is C59H42N2. The number of benzene rings is 9. The summed E-state index contributed by atoms with van der Waals surface area (Å²) in [6.45, 7) is 7.12. The lowest BCUT2D eigenvalue weighted by atomic mass is 9.72. The first kappa shape index (κ1) is 35.5. The van der Waals surface area contributed by atoms with E-state index in [0.717, 1.165) is 33.5 Å². The zero-order valence-corrected chi connectivity index (χ0v) is 34.4. The highest BCUT2D eigenvalue weighted by Crippen LogP contribution is 2.57. The average Bonchev–Trinajstić information content (AvgIpc) is 3.73. The van der Waals surface area contributed by atoms with Gasteiger partial charge in [-0.15, -0.1) is 0 Å². The number of aromatic nitrogens is 2. The van der Waals surface area contributed by atoms with Gasteiger partial charge < -0.3 is 0 Å². The predicted octanol–water partition coefficient (Wildman–Crippen LogP) is 15.1. The molecule has 2 aliphatic rings. The normalized spacial score (nSPS) is 15.7. The fraction of sp³-hybridized carbons (Fsp3) is 0.0847. The fourth-order valence-corrected chi connectivity index (χ4v) is 10.9. The zero-order chi connectivity index (χ0) is 40.9. The SMILES string of the molecule is CC1(C)c2cccc(-c3ccc(-c4nc(-c5ccccc5)cc(-c5cccc6c5C(C)(c5ccccc5)c5ccccc5-6)n4)c4ccccc34)c2-c2c1ccc1ccccc21. The van der Waals surface area contributed by atoms with E-state index in [1.165, 1.54) is 77.4 Å². The Balaban J connectivity index is 1.09. The van der Waals surface area contributed by atoms with E-state index in [9.17, 15) is 0 Å². The quantitative estimate of drug-likeness (QED) is 0.174. The van der Waals surface area contributed by atoms with Gasteiger partial charge in [-0.05, 0) is 102 Å². The van der Waals surface area contributed by atoms with E-state index < -0.39 is 0 Å². The van der Waals surface area contributed by atoms with Crippen LogP contribution in [0.5, 0.6) is 0 Å². The molecule has 288 valence electrons. The molecule has 0 saturated carbocycles. The second kappa shape index (κ2) is 13.3. The van der Waals surface area contributed by atoms with Crippen molar-refractivity contribution in [2.75, 3.05) is 0 Å². The summed E-state index contributed by atoms with van der Waals surface area (Å²) in [5.41, 5.74) is 18.8. The highest BCUT2D eigenvalue weighted by molar-refractivity contribution is 6.11. The Morgan fingerprint density at radius 3 is 1.75 bits per heavy atom. The Kier molecular flexibility index (Phi) is 7.74. The predicted molar refractivity (Wildman–Crippen MR) is 254 cm³/mol. The van der Waals surface area contributed by atoms with Gasteiger partial charge in [-0.25, -0.2) is 9.97 Å². The van der Waals surface area contributed by atoms with Gasteiger partial charge in [0.25, 0.3) is 0 Å². The van der Waals surface area contributed by atoms with Crippen molar-refractivity contribution in [3.05, 3.63) is 228 Å². The minimum atomic E-state index is -0.384. The minimum absolute atomic E-state index is 0.127. The lowest BCUT2D eigenvalue weighted by Gasteiger charge is -2.30. The van der Waals surface area contributed by atoms with Crippen LogP contribution < -0.4 is 0 Å². The molecule has 61 heavy (non-hydrogen) atoms. The molecule has 0 spiro atoms. The molecule has 12 rings (SSSR count). The van der Waals surface area contributed by atoms with Gasteiger partial charge in [0.05, 0.1) is 11.4 Å². The third-order valence-electron chi connectivity index (χ3n) is 13.8. The molecule has 2 aliphatic carbocycles. The van der Waals surface area contributed by atoms with E-state index in [-0.39, 0.29) is 10.8 Å². The van der Waals surface area contributed by atoms with E-state index >= 15 is 0 Å². The van der Waals surface area contributed by atoms with Crippen LogP contribution in [0.1, 0.15) is 48.6 Å². The smallest absolute Gasteiger partial charge is 0.161 e. The van der Waals surface area contributed by atoms with Crippen molar-refractivity contribution in [3.8, 4) is 67.3 Å². The van der Waals surface area contributed by atoms with Crippen LogP contribution in [0, 0.1) is 0 Å². The van der Waals surface area contributed by atoms with Crippen LogP contribution in [-0.2, 0) is 10.8 Å².